The number of nitrogens with zero attached hydrogens (tertiary/aromatic N) is 1. The highest BCUT2D eigenvalue weighted by molar-refractivity contribution is 5.68. The molecule has 0 aromatic rings. The first-order chi connectivity index (χ1) is 8.19. The van der Waals surface area contributed by atoms with Crippen LogP contribution >= 0.6 is 0 Å². The van der Waals surface area contributed by atoms with Crippen molar-refractivity contribution >= 4 is 6.09 Å². The number of rotatable bonds is 2. The van der Waals surface area contributed by atoms with Crippen molar-refractivity contribution in [1.29, 1.82) is 0 Å². The Morgan fingerprint density at radius 3 is 2.50 bits per heavy atom. The van der Waals surface area contributed by atoms with Crippen LogP contribution < -0.4 is 0 Å². The number of β-amino-alcohol motifs (C(OH)–C–C–N with tert-alkyl or cyclic N) is 1. The summed E-state index contributed by atoms with van der Waals surface area (Å²) >= 11 is 0. The number of carbonyl (C=O) groups excluding carboxylic acids is 1. The van der Waals surface area contributed by atoms with Gasteiger partial charge in [-0.1, -0.05) is 13.8 Å². The average molecular weight is 257 g/mol. The molecule has 0 radical (unpaired) electrons. The van der Waals surface area contributed by atoms with Crippen LogP contribution in [0.15, 0.2) is 0 Å². The molecule has 1 heterocycles. The fourth-order valence-corrected chi connectivity index (χ4v) is 2.35. The van der Waals surface area contributed by atoms with Gasteiger partial charge in [0, 0.05) is 6.54 Å². The number of hydrogen-bond acceptors (Lipinski definition) is 3. The molecule has 0 aromatic carbocycles. The Balaban J connectivity index is 2.48. The molecule has 18 heavy (non-hydrogen) atoms. The van der Waals surface area contributed by atoms with Gasteiger partial charge in [-0.25, -0.2) is 4.79 Å². The van der Waals surface area contributed by atoms with E-state index in [1.54, 1.807) is 4.90 Å². The fraction of sp³-hybridized carbons (Fsp3) is 0.929. The van der Waals surface area contributed by atoms with Crippen molar-refractivity contribution in [3.63, 3.8) is 0 Å². The second-order valence-electron chi connectivity index (χ2n) is 6.67. The van der Waals surface area contributed by atoms with Crippen LogP contribution in [0.2, 0.25) is 0 Å². The van der Waals surface area contributed by atoms with Crippen LogP contribution in [0.1, 0.15) is 47.5 Å². The molecule has 4 heteroatoms. The molecule has 1 saturated heterocycles. The van der Waals surface area contributed by atoms with Gasteiger partial charge in [0.25, 0.3) is 0 Å². The summed E-state index contributed by atoms with van der Waals surface area (Å²) in [5.74, 6) is 0.890. The minimum absolute atomic E-state index is 0.309. The van der Waals surface area contributed by atoms with E-state index in [-0.39, 0.29) is 6.09 Å². The highest BCUT2D eigenvalue weighted by atomic mass is 16.6. The van der Waals surface area contributed by atoms with E-state index in [0.717, 1.165) is 12.8 Å². The van der Waals surface area contributed by atoms with Crippen LogP contribution in [0, 0.1) is 11.8 Å². The molecule has 1 aliphatic rings. The Kier molecular flexibility index (Phi) is 5.02. The Morgan fingerprint density at radius 1 is 1.44 bits per heavy atom. The lowest BCUT2D eigenvalue weighted by Gasteiger charge is -2.37. The summed E-state index contributed by atoms with van der Waals surface area (Å²) in [4.78, 5) is 13.5. The summed E-state index contributed by atoms with van der Waals surface area (Å²) in [6.07, 6.45) is 1.14. The van der Waals surface area contributed by atoms with E-state index in [1.807, 2.05) is 20.8 Å². The predicted octanol–water partition coefficient (Wildman–Crippen LogP) is 2.65. The quantitative estimate of drug-likeness (QED) is 0.827. The number of aliphatic hydroxyl groups is 1. The maximum Gasteiger partial charge on any atom is 0.410 e. The summed E-state index contributed by atoms with van der Waals surface area (Å²) in [6, 6.07) is 0. The van der Waals surface area contributed by atoms with Gasteiger partial charge in [0.05, 0.1) is 12.6 Å². The molecule has 0 bridgehead atoms. The number of carbonyl (C=O) groups is 1. The molecule has 106 valence electrons. The zero-order valence-corrected chi connectivity index (χ0v) is 12.3. The average Bonchev–Trinajstić information content (AvgIpc) is 2.17. The Morgan fingerprint density at radius 2 is 2.06 bits per heavy atom. The standard InChI is InChI=1S/C14H27NO3/c1-10(2)8-11-6-7-15(9-12(11)16)13(17)18-14(3,4)5/h10-12,16H,6-9H2,1-5H3. The second-order valence-corrected chi connectivity index (χ2v) is 6.67. The third-order valence-corrected chi connectivity index (χ3v) is 3.15. The minimum atomic E-state index is -0.475. The van der Waals surface area contributed by atoms with Crippen LogP contribution in [0.5, 0.6) is 0 Å². The molecule has 4 nitrogen and oxygen atoms in total. The van der Waals surface area contributed by atoms with Crippen LogP contribution in [0.3, 0.4) is 0 Å². The lowest BCUT2D eigenvalue weighted by Crippen LogP contribution is -2.48. The Labute approximate surface area is 110 Å². The van der Waals surface area contributed by atoms with Crippen LogP contribution in [-0.2, 0) is 4.74 Å². The fourth-order valence-electron chi connectivity index (χ4n) is 2.35. The van der Waals surface area contributed by atoms with Gasteiger partial charge in [-0.3, -0.25) is 0 Å². The first kappa shape index (κ1) is 15.3. The predicted molar refractivity (Wildman–Crippen MR) is 71.4 cm³/mol. The maximum absolute atomic E-state index is 11.9. The Bertz CT molecular complexity index is 283. The van der Waals surface area contributed by atoms with Gasteiger partial charge < -0.3 is 14.7 Å². The summed E-state index contributed by atoms with van der Waals surface area (Å²) < 4.78 is 5.32. The molecule has 1 N–H and O–H groups in total. The molecule has 0 saturated carbocycles. The zero-order valence-electron chi connectivity index (χ0n) is 12.3. The second kappa shape index (κ2) is 5.91. The van der Waals surface area contributed by atoms with E-state index in [4.69, 9.17) is 4.74 Å². The molecule has 2 atom stereocenters. The van der Waals surface area contributed by atoms with E-state index in [0.29, 0.717) is 24.9 Å². The van der Waals surface area contributed by atoms with Crippen molar-refractivity contribution in [2.75, 3.05) is 13.1 Å². The highest BCUT2D eigenvalue weighted by Crippen LogP contribution is 2.25. The normalized spacial score (nSPS) is 25.4. The number of likely N-dealkylation sites (tertiary alicyclic amines) is 1. The first-order valence-corrected chi connectivity index (χ1v) is 6.85. The third-order valence-electron chi connectivity index (χ3n) is 3.15. The smallest absolute Gasteiger partial charge is 0.410 e. The first-order valence-electron chi connectivity index (χ1n) is 6.85. The molecule has 0 aliphatic carbocycles. The number of aliphatic hydroxyl groups excluding tert-OH is 1. The summed E-state index contributed by atoms with van der Waals surface area (Å²) in [7, 11) is 0. The van der Waals surface area contributed by atoms with Crippen LogP contribution in [-0.4, -0.2) is 40.9 Å². The van der Waals surface area contributed by atoms with Crippen LogP contribution in [0.4, 0.5) is 4.79 Å². The minimum Gasteiger partial charge on any atom is -0.444 e. The topological polar surface area (TPSA) is 49.8 Å². The lowest BCUT2D eigenvalue weighted by atomic mass is 9.86. The molecular formula is C14H27NO3. The van der Waals surface area contributed by atoms with E-state index < -0.39 is 11.7 Å². The van der Waals surface area contributed by atoms with E-state index in [9.17, 15) is 9.90 Å². The van der Waals surface area contributed by atoms with Gasteiger partial charge in [-0.15, -0.1) is 0 Å². The van der Waals surface area contributed by atoms with Gasteiger partial charge >= 0.3 is 6.09 Å². The van der Waals surface area contributed by atoms with Gasteiger partial charge in [0.1, 0.15) is 5.60 Å². The van der Waals surface area contributed by atoms with E-state index in [1.165, 1.54) is 0 Å². The molecule has 1 amide bonds. The van der Waals surface area contributed by atoms with E-state index >= 15 is 0 Å². The van der Waals surface area contributed by atoms with Gasteiger partial charge in [0.15, 0.2) is 0 Å². The summed E-state index contributed by atoms with van der Waals surface area (Å²) in [6.45, 7) is 11.0. The number of hydrogen-bond donors (Lipinski definition) is 1. The third kappa shape index (κ3) is 4.84. The zero-order chi connectivity index (χ0) is 13.9. The lowest BCUT2D eigenvalue weighted by molar-refractivity contribution is -0.0160. The van der Waals surface area contributed by atoms with Crippen LogP contribution in [0.25, 0.3) is 0 Å². The molecule has 0 aromatic heterocycles. The molecule has 1 rings (SSSR count). The number of amides is 1. The van der Waals surface area contributed by atoms with Crippen molar-refractivity contribution < 1.29 is 14.6 Å². The van der Waals surface area contributed by atoms with E-state index in [2.05, 4.69) is 13.8 Å². The molecule has 0 spiro atoms. The largest absolute Gasteiger partial charge is 0.444 e. The van der Waals surface area contributed by atoms with Crippen molar-refractivity contribution in [3.8, 4) is 0 Å². The molecule has 1 fully saturated rings. The SMILES string of the molecule is CC(C)CC1CCN(C(=O)OC(C)(C)C)CC1O. The molecular weight excluding hydrogens is 230 g/mol. The summed E-state index contributed by atoms with van der Waals surface area (Å²) in [5, 5.41) is 10.1. The summed E-state index contributed by atoms with van der Waals surface area (Å²) in [5.41, 5.74) is -0.475. The maximum atomic E-state index is 11.9. The molecule has 1 aliphatic heterocycles. The van der Waals surface area contributed by atoms with Crippen molar-refractivity contribution in [1.82, 2.24) is 4.90 Å². The Hall–Kier alpha value is -0.770. The van der Waals surface area contributed by atoms with Gasteiger partial charge in [-0.2, -0.15) is 0 Å². The monoisotopic (exact) mass is 257 g/mol. The molecule has 2 unspecified atom stereocenters. The van der Waals surface area contributed by atoms with Crippen molar-refractivity contribution in [2.24, 2.45) is 11.8 Å². The van der Waals surface area contributed by atoms with Gasteiger partial charge in [-0.05, 0) is 45.4 Å². The highest BCUT2D eigenvalue weighted by Gasteiger charge is 2.32. The number of piperidine rings is 1. The number of ether oxygens (including phenoxy) is 1. The van der Waals surface area contributed by atoms with Crippen molar-refractivity contribution in [2.45, 2.75) is 59.2 Å². The van der Waals surface area contributed by atoms with Gasteiger partial charge in [0.2, 0.25) is 0 Å². The van der Waals surface area contributed by atoms with Crippen molar-refractivity contribution in [3.05, 3.63) is 0 Å².